The molecule has 0 radical (unpaired) electrons. The van der Waals surface area contributed by atoms with Crippen molar-refractivity contribution in [2.45, 2.75) is 0 Å². The molecule has 2 aromatic heterocycles. The maximum absolute atomic E-state index is 12.8. The second-order valence-electron chi connectivity index (χ2n) is 5.99. The number of fused-ring (bicyclic) bond motifs is 1. The Hall–Kier alpha value is -2.80. The van der Waals surface area contributed by atoms with Crippen molar-refractivity contribution in [1.82, 2.24) is 14.5 Å². The molecule has 0 unspecified atom stereocenters. The molecule has 2 heterocycles. The number of aryl methyl sites for hydroxylation is 1. The van der Waals surface area contributed by atoms with Gasteiger partial charge in [-0.05, 0) is 30.3 Å². The van der Waals surface area contributed by atoms with Crippen LogP contribution in [0, 0.1) is 0 Å². The fourth-order valence-corrected chi connectivity index (χ4v) is 3.17. The maximum Gasteiger partial charge on any atom is 0.294 e. The lowest BCUT2D eigenvalue weighted by Gasteiger charge is -2.12. The Balaban J connectivity index is 0.00000240. The Bertz CT molecular complexity index is 1210. The highest BCUT2D eigenvalue weighted by Crippen LogP contribution is 2.35. The molecule has 0 aliphatic heterocycles. The van der Waals surface area contributed by atoms with Gasteiger partial charge in [-0.2, -0.15) is 4.98 Å². The van der Waals surface area contributed by atoms with Crippen LogP contribution in [0.1, 0.15) is 0 Å². The van der Waals surface area contributed by atoms with Crippen LogP contribution in [0.3, 0.4) is 0 Å². The zero-order valence-corrected chi connectivity index (χ0v) is 17.4. The molecule has 0 aliphatic carbocycles. The standard InChI is InChI=1S/C20H14Cl2N4O2.ClH/c1-26-18-12(11-23-20(25-18)24-13-6-3-2-4-7-13)10-16(19(26)27)28-17-14(21)8-5-9-15(17)22;/h2-11H,1H3,(H,23,24,25);1H. The van der Waals surface area contributed by atoms with Crippen LogP contribution in [-0.4, -0.2) is 14.5 Å². The van der Waals surface area contributed by atoms with Gasteiger partial charge in [-0.15, -0.1) is 12.4 Å². The molecule has 1 N–H and O–H groups in total. The van der Waals surface area contributed by atoms with Gasteiger partial charge >= 0.3 is 0 Å². The average molecular weight is 450 g/mol. The van der Waals surface area contributed by atoms with Crippen LogP contribution in [0.25, 0.3) is 11.0 Å². The summed E-state index contributed by atoms with van der Waals surface area (Å²) in [7, 11) is 1.62. The Kier molecular flexibility index (Phi) is 6.27. The van der Waals surface area contributed by atoms with Gasteiger partial charge in [0.25, 0.3) is 5.56 Å². The third-order valence-electron chi connectivity index (χ3n) is 4.08. The van der Waals surface area contributed by atoms with E-state index in [9.17, 15) is 4.79 Å². The molecule has 2 aromatic carbocycles. The van der Waals surface area contributed by atoms with Crippen LogP contribution in [0.5, 0.6) is 11.5 Å². The summed E-state index contributed by atoms with van der Waals surface area (Å²) < 4.78 is 7.11. The second kappa shape index (κ2) is 8.69. The first-order valence-corrected chi connectivity index (χ1v) is 9.09. The van der Waals surface area contributed by atoms with E-state index in [4.69, 9.17) is 27.9 Å². The highest BCUT2D eigenvalue weighted by Gasteiger charge is 2.14. The number of benzene rings is 2. The Labute approximate surface area is 182 Å². The number of halogens is 3. The van der Waals surface area contributed by atoms with E-state index >= 15 is 0 Å². The smallest absolute Gasteiger partial charge is 0.294 e. The van der Waals surface area contributed by atoms with Crippen LogP contribution in [-0.2, 0) is 7.05 Å². The SMILES string of the molecule is Cl.Cn1c(=O)c(Oc2c(Cl)cccc2Cl)cc2cnc(Nc3ccccc3)nc21. The van der Waals surface area contributed by atoms with Gasteiger partial charge in [-0.1, -0.05) is 47.5 Å². The zero-order chi connectivity index (χ0) is 19.7. The largest absolute Gasteiger partial charge is 0.448 e. The molecule has 0 saturated carbocycles. The fraction of sp³-hybridized carbons (Fsp3) is 0.0500. The maximum atomic E-state index is 12.8. The highest BCUT2D eigenvalue weighted by molar-refractivity contribution is 6.37. The number of nitrogens with one attached hydrogen (secondary N) is 1. The van der Waals surface area contributed by atoms with E-state index in [1.165, 1.54) is 4.57 Å². The highest BCUT2D eigenvalue weighted by atomic mass is 35.5. The summed E-state index contributed by atoms with van der Waals surface area (Å²) in [6.07, 6.45) is 1.62. The van der Waals surface area contributed by atoms with Crippen molar-refractivity contribution >= 4 is 58.3 Å². The number of hydrogen-bond acceptors (Lipinski definition) is 5. The van der Waals surface area contributed by atoms with Gasteiger partial charge in [-0.3, -0.25) is 9.36 Å². The number of pyridine rings is 1. The summed E-state index contributed by atoms with van der Waals surface area (Å²) >= 11 is 12.3. The van der Waals surface area contributed by atoms with Crippen molar-refractivity contribution in [1.29, 1.82) is 0 Å². The van der Waals surface area contributed by atoms with E-state index in [0.717, 1.165) is 5.69 Å². The quantitative estimate of drug-likeness (QED) is 0.439. The molecular formula is C20H15Cl3N4O2. The number of ether oxygens (including phenoxy) is 1. The van der Waals surface area contributed by atoms with Crippen LogP contribution in [0.4, 0.5) is 11.6 Å². The van der Waals surface area contributed by atoms with E-state index in [0.29, 0.717) is 27.0 Å². The molecule has 0 bridgehead atoms. The lowest BCUT2D eigenvalue weighted by molar-refractivity contribution is 0.472. The Morgan fingerprint density at radius 3 is 2.41 bits per heavy atom. The molecule has 4 aromatic rings. The summed E-state index contributed by atoms with van der Waals surface area (Å²) in [5.41, 5.74) is 0.948. The summed E-state index contributed by atoms with van der Waals surface area (Å²) in [4.78, 5) is 21.5. The lowest BCUT2D eigenvalue weighted by atomic mass is 10.3. The topological polar surface area (TPSA) is 69.0 Å². The molecule has 0 fully saturated rings. The van der Waals surface area contributed by atoms with Gasteiger partial charge < -0.3 is 10.1 Å². The van der Waals surface area contributed by atoms with Gasteiger partial charge in [0, 0.05) is 24.3 Å². The molecule has 29 heavy (non-hydrogen) atoms. The Morgan fingerprint density at radius 1 is 1.03 bits per heavy atom. The minimum atomic E-state index is -0.368. The number of aromatic nitrogens is 3. The average Bonchev–Trinajstić information content (AvgIpc) is 2.70. The molecule has 0 spiro atoms. The van der Waals surface area contributed by atoms with Gasteiger partial charge in [0.15, 0.2) is 11.5 Å². The number of para-hydroxylation sites is 2. The van der Waals surface area contributed by atoms with E-state index in [-0.39, 0.29) is 29.5 Å². The first-order chi connectivity index (χ1) is 13.5. The summed E-state index contributed by atoms with van der Waals surface area (Å²) in [6.45, 7) is 0. The van der Waals surface area contributed by atoms with Crippen molar-refractivity contribution in [3.8, 4) is 11.5 Å². The predicted octanol–water partition coefficient (Wildman–Crippen LogP) is 5.59. The van der Waals surface area contributed by atoms with Crippen molar-refractivity contribution in [3.05, 3.63) is 81.2 Å². The monoisotopic (exact) mass is 448 g/mol. The second-order valence-corrected chi connectivity index (χ2v) is 6.80. The molecule has 4 rings (SSSR count). The van der Waals surface area contributed by atoms with Crippen molar-refractivity contribution < 1.29 is 4.74 Å². The number of nitrogens with zero attached hydrogens (tertiary/aromatic N) is 3. The molecule has 0 saturated heterocycles. The third-order valence-corrected chi connectivity index (χ3v) is 4.67. The van der Waals surface area contributed by atoms with Gasteiger partial charge in [0.1, 0.15) is 5.65 Å². The molecule has 9 heteroatoms. The minimum absolute atomic E-state index is 0. The molecule has 0 atom stereocenters. The van der Waals surface area contributed by atoms with Crippen molar-refractivity contribution in [2.24, 2.45) is 7.05 Å². The zero-order valence-electron chi connectivity index (χ0n) is 15.1. The number of anilines is 2. The molecular weight excluding hydrogens is 435 g/mol. The van der Waals surface area contributed by atoms with Crippen LogP contribution < -0.4 is 15.6 Å². The first-order valence-electron chi connectivity index (χ1n) is 8.33. The van der Waals surface area contributed by atoms with Crippen molar-refractivity contribution in [3.63, 3.8) is 0 Å². The van der Waals surface area contributed by atoms with Crippen LogP contribution >= 0.6 is 35.6 Å². The molecule has 148 valence electrons. The fourth-order valence-electron chi connectivity index (χ4n) is 2.69. The van der Waals surface area contributed by atoms with Crippen LogP contribution in [0.15, 0.2) is 65.6 Å². The molecule has 0 amide bonds. The van der Waals surface area contributed by atoms with Gasteiger partial charge in [-0.25, -0.2) is 4.98 Å². The van der Waals surface area contributed by atoms with E-state index in [2.05, 4.69) is 15.3 Å². The predicted molar refractivity (Wildman–Crippen MR) is 118 cm³/mol. The lowest BCUT2D eigenvalue weighted by Crippen LogP contribution is -2.19. The number of hydrogen-bond donors (Lipinski definition) is 1. The van der Waals surface area contributed by atoms with Gasteiger partial charge in [0.2, 0.25) is 5.95 Å². The Morgan fingerprint density at radius 2 is 1.72 bits per heavy atom. The van der Waals surface area contributed by atoms with E-state index in [1.807, 2.05) is 30.3 Å². The van der Waals surface area contributed by atoms with Gasteiger partial charge in [0.05, 0.1) is 10.0 Å². The molecule has 6 nitrogen and oxygen atoms in total. The normalized spacial score (nSPS) is 10.4. The van der Waals surface area contributed by atoms with E-state index in [1.54, 1.807) is 37.5 Å². The minimum Gasteiger partial charge on any atom is -0.448 e. The summed E-state index contributed by atoms with van der Waals surface area (Å²) in [5.74, 6) is 0.694. The van der Waals surface area contributed by atoms with Crippen molar-refractivity contribution in [2.75, 3.05) is 5.32 Å². The summed E-state index contributed by atoms with van der Waals surface area (Å²) in [6, 6.07) is 16.1. The third kappa shape index (κ3) is 4.29. The number of rotatable bonds is 4. The molecule has 0 aliphatic rings. The van der Waals surface area contributed by atoms with Crippen LogP contribution in [0.2, 0.25) is 10.0 Å². The first kappa shape index (κ1) is 20.9. The van der Waals surface area contributed by atoms with E-state index < -0.39 is 0 Å². The summed E-state index contributed by atoms with van der Waals surface area (Å²) in [5, 5.41) is 4.37.